The summed E-state index contributed by atoms with van der Waals surface area (Å²) < 4.78 is 0.883. The Bertz CT molecular complexity index is 430. The lowest BCUT2D eigenvalue weighted by Crippen LogP contribution is -1.80. The van der Waals surface area contributed by atoms with Crippen molar-refractivity contribution in [1.29, 1.82) is 0 Å². The molecule has 0 aliphatic heterocycles. The van der Waals surface area contributed by atoms with E-state index >= 15 is 0 Å². The minimum atomic E-state index is 0.705. The first-order valence-corrected chi connectivity index (χ1v) is 6.60. The van der Waals surface area contributed by atoms with Crippen molar-refractivity contribution in [3.8, 4) is 0 Å². The molecule has 0 saturated heterocycles. The van der Waals surface area contributed by atoms with E-state index in [0.29, 0.717) is 5.02 Å². The predicted molar refractivity (Wildman–Crippen MR) is 66.0 cm³/mol. The number of halogens is 2. The minimum absolute atomic E-state index is 0.705. The first-order chi connectivity index (χ1) is 6.70. The van der Waals surface area contributed by atoms with Gasteiger partial charge in [-0.3, -0.25) is 0 Å². The van der Waals surface area contributed by atoms with Gasteiger partial charge in [-0.25, -0.2) is 4.98 Å². The highest BCUT2D eigenvalue weighted by atomic mass is 79.9. The fraction of sp³-hybridized carbons (Fsp3) is 0.222. The van der Waals surface area contributed by atoms with E-state index in [0.717, 1.165) is 27.1 Å². The molecule has 1 heterocycles. The van der Waals surface area contributed by atoms with Crippen molar-refractivity contribution in [1.82, 2.24) is 9.97 Å². The Balaban J connectivity index is 2.54. The van der Waals surface area contributed by atoms with Crippen LogP contribution in [-0.2, 0) is 5.75 Å². The average molecular weight is 292 g/mol. The summed E-state index contributed by atoms with van der Waals surface area (Å²) in [5.41, 5.74) is 1.94. The molecule has 1 aromatic heterocycles. The van der Waals surface area contributed by atoms with Gasteiger partial charge in [-0.1, -0.05) is 11.6 Å². The standard InChI is InChI=1S/C9H8BrClN2S/c1-14-4-9-12-7-2-5(10)6(11)3-8(7)13-9/h2-3H,4H2,1H3,(H,12,13). The summed E-state index contributed by atoms with van der Waals surface area (Å²) in [4.78, 5) is 7.67. The van der Waals surface area contributed by atoms with Gasteiger partial charge in [0, 0.05) is 4.47 Å². The molecule has 0 amide bonds. The molecule has 0 fully saturated rings. The van der Waals surface area contributed by atoms with Crippen LogP contribution >= 0.6 is 39.3 Å². The van der Waals surface area contributed by atoms with Crippen LogP contribution in [0.25, 0.3) is 11.0 Å². The number of thioether (sulfide) groups is 1. The summed E-state index contributed by atoms with van der Waals surface area (Å²) in [6.45, 7) is 0. The number of nitrogens with zero attached hydrogens (tertiary/aromatic N) is 1. The number of rotatable bonds is 2. The second-order valence-corrected chi connectivity index (χ2v) is 5.03. The first-order valence-electron chi connectivity index (χ1n) is 4.03. The summed E-state index contributed by atoms with van der Waals surface area (Å²) in [6.07, 6.45) is 2.05. The number of imidazole rings is 1. The van der Waals surface area contributed by atoms with Crippen molar-refractivity contribution >= 4 is 50.3 Å². The van der Waals surface area contributed by atoms with Gasteiger partial charge in [0.2, 0.25) is 0 Å². The quantitative estimate of drug-likeness (QED) is 0.910. The number of fused-ring (bicyclic) bond motifs is 1. The van der Waals surface area contributed by atoms with E-state index in [-0.39, 0.29) is 0 Å². The van der Waals surface area contributed by atoms with Crippen LogP contribution in [0.3, 0.4) is 0 Å². The van der Waals surface area contributed by atoms with Crippen LogP contribution in [0.15, 0.2) is 16.6 Å². The van der Waals surface area contributed by atoms with Gasteiger partial charge in [0.15, 0.2) is 0 Å². The molecule has 0 bridgehead atoms. The minimum Gasteiger partial charge on any atom is -0.341 e. The van der Waals surface area contributed by atoms with Gasteiger partial charge >= 0.3 is 0 Å². The van der Waals surface area contributed by atoms with E-state index in [2.05, 4.69) is 32.2 Å². The van der Waals surface area contributed by atoms with Gasteiger partial charge in [0.1, 0.15) is 5.82 Å². The van der Waals surface area contributed by atoms with Gasteiger partial charge in [-0.2, -0.15) is 11.8 Å². The molecule has 0 unspecified atom stereocenters. The van der Waals surface area contributed by atoms with Crippen LogP contribution in [0, 0.1) is 0 Å². The molecule has 2 aromatic rings. The Morgan fingerprint density at radius 3 is 3.07 bits per heavy atom. The normalized spacial score (nSPS) is 11.1. The SMILES string of the molecule is CSCc1nc2cc(Br)c(Cl)cc2[nH]1. The van der Waals surface area contributed by atoms with E-state index in [1.54, 1.807) is 11.8 Å². The maximum atomic E-state index is 5.97. The second-order valence-electron chi connectivity index (χ2n) is 2.90. The van der Waals surface area contributed by atoms with Gasteiger partial charge < -0.3 is 4.98 Å². The van der Waals surface area contributed by atoms with Crippen LogP contribution in [-0.4, -0.2) is 16.2 Å². The van der Waals surface area contributed by atoms with Crippen LogP contribution in [0.1, 0.15) is 5.82 Å². The average Bonchev–Trinajstić information content (AvgIpc) is 2.48. The molecule has 0 aliphatic rings. The predicted octanol–water partition coefficient (Wildman–Crippen LogP) is 3.84. The van der Waals surface area contributed by atoms with Crippen LogP contribution in [0.4, 0.5) is 0 Å². The third kappa shape index (κ3) is 1.92. The fourth-order valence-corrected chi connectivity index (χ4v) is 2.17. The number of nitrogens with one attached hydrogen (secondary N) is 1. The third-order valence-corrected chi connectivity index (χ3v) is 3.61. The number of hydrogen-bond acceptors (Lipinski definition) is 2. The van der Waals surface area contributed by atoms with Crippen LogP contribution < -0.4 is 0 Å². The second kappa shape index (κ2) is 4.13. The maximum Gasteiger partial charge on any atom is 0.117 e. The Morgan fingerprint density at radius 2 is 2.36 bits per heavy atom. The topological polar surface area (TPSA) is 28.7 Å². The molecule has 5 heteroatoms. The van der Waals surface area contributed by atoms with Crippen molar-refractivity contribution in [2.75, 3.05) is 6.26 Å². The highest BCUT2D eigenvalue weighted by Gasteiger charge is 2.05. The molecule has 2 nitrogen and oxygen atoms in total. The number of aromatic nitrogens is 2. The smallest absolute Gasteiger partial charge is 0.117 e. The van der Waals surface area contributed by atoms with Crippen LogP contribution in [0.2, 0.25) is 5.02 Å². The molecule has 0 saturated carbocycles. The Hall–Kier alpha value is -0.190. The van der Waals surface area contributed by atoms with Gasteiger partial charge in [0.05, 0.1) is 21.8 Å². The summed E-state index contributed by atoms with van der Waals surface area (Å²) in [7, 11) is 0. The zero-order valence-electron chi connectivity index (χ0n) is 7.47. The largest absolute Gasteiger partial charge is 0.341 e. The number of aromatic amines is 1. The lowest BCUT2D eigenvalue weighted by atomic mass is 10.3. The van der Waals surface area contributed by atoms with Crippen LogP contribution in [0.5, 0.6) is 0 Å². The Kier molecular flexibility index (Phi) is 3.04. The fourth-order valence-electron chi connectivity index (χ4n) is 1.26. The number of H-pyrrole nitrogens is 1. The van der Waals surface area contributed by atoms with E-state index in [1.165, 1.54) is 0 Å². The molecule has 0 atom stereocenters. The molecule has 2 rings (SSSR count). The number of benzene rings is 1. The highest BCUT2D eigenvalue weighted by molar-refractivity contribution is 9.10. The lowest BCUT2D eigenvalue weighted by Gasteiger charge is -1.93. The maximum absolute atomic E-state index is 5.97. The Morgan fingerprint density at radius 1 is 1.57 bits per heavy atom. The van der Waals surface area contributed by atoms with Crippen molar-refractivity contribution in [3.63, 3.8) is 0 Å². The number of hydrogen-bond donors (Lipinski definition) is 1. The summed E-state index contributed by atoms with van der Waals surface area (Å²) in [6, 6.07) is 3.82. The van der Waals surface area contributed by atoms with Crippen molar-refractivity contribution in [2.24, 2.45) is 0 Å². The summed E-state index contributed by atoms with van der Waals surface area (Å²) in [5.74, 6) is 1.88. The zero-order valence-corrected chi connectivity index (χ0v) is 10.6. The van der Waals surface area contributed by atoms with Gasteiger partial charge in [0.25, 0.3) is 0 Å². The molecule has 0 radical (unpaired) electrons. The molecular weight excluding hydrogens is 284 g/mol. The monoisotopic (exact) mass is 290 g/mol. The van der Waals surface area contributed by atoms with E-state index in [1.807, 2.05) is 12.1 Å². The van der Waals surface area contributed by atoms with Crippen molar-refractivity contribution < 1.29 is 0 Å². The van der Waals surface area contributed by atoms with Gasteiger partial charge in [-0.15, -0.1) is 0 Å². The third-order valence-electron chi connectivity index (χ3n) is 1.85. The molecule has 0 aliphatic carbocycles. The molecule has 1 aromatic carbocycles. The highest BCUT2D eigenvalue weighted by Crippen LogP contribution is 2.27. The zero-order chi connectivity index (χ0) is 10.1. The van der Waals surface area contributed by atoms with Crippen molar-refractivity contribution in [3.05, 3.63) is 27.5 Å². The molecule has 14 heavy (non-hydrogen) atoms. The van der Waals surface area contributed by atoms with E-state index < -0.39 is 0 Å². The molecule has 74 valence electrons. The first kappa shape index (κ1) is 10.3. The molecule has 1 N–H and O–H groups in total. The van der Waals surface area contributed by atoms with Gasteiger partial charge in [-0.05, 0) is 34.3 Å². The van der Waals surface area contributed by atoms with Crippen molar-refractivity contribution in [2.45, 2.75) is 5.75 Å². The van der Waals surface area contributed by atoms with E-state index in [4.69, 9.17) is 11.6 Å². The molecular formula is C9H8BrClN2S. The lowest BCUT2D eigenvalue weighted by molar-refractivity contribution is 1.14. The summed E-state index contributed by atoms with van der Waals surface area (Å²) >= 11 is 11.1. The van der Waals surface area contributed by atoms with E-state index in [9.17, 15) is 0 Å². The summed E-state index contributed by atoms with van der Waals surface area (Å²) in [5, 5.41) is 0.705. The Labute approximate surface area is 99.6 Å². The molecule has 0 spiro atoms.